The lowest BCUT2D eigenvalue weighted by Crippen LogP contribution is -2.12. The zero-order valence-corrected chi connectivity index (χ0v) is 12.0. The van der Waals surface area contributed by atoms with Crippen LogP contribution in [0.2, 0.25) is 0 Å². The van der Waals surface area contributed by atoms with Crippen molar-refractivity contribution in [2.45, 2.75) is 25.9 Å². The molecule has 1 atom stereocenters. The smallest absolute Gasteiger partial charge is 0.0888 e. The summed E-state index contributed by atoms with van der Waals surface area (Å²) in [7, 11) is 0. The van der Waals surface area contributed by atoms with E-state index in [1.807, 2.05) is 43.3 Å². The van der Waals surface area contributed by atoms with Crippen molar-refractivity contribution in [1.29, 1.82) is 0 Å². The summed E-state index contributed by atoms with van der Waals surface area (Å²) in [6.07, 6.45) is 10.6. The Kier molecular flexibility index (Phi) is 3.93. The number of aromatic nitrogens is 2. The molecule has 1 unspecified atom stereocenters. The Labute approximate surface area is 124 Å². The largest absolute Gasteiger partial charge is 0.388 e. The van der Waals surface area contributed by atoms with Gasteiger partial charge in [-0.25, -0.2) is 0 Å². The average molecular weight is 278 g/mol. The van der Waals surface area contributed by atoms with Crippen LogP contribution in [-0.2, 0) is 6.42 Å². The van der Waals surface area contributed by atoms with Crippen LogP contribution in [0.25, 0.3) is 11.4 Å². The molecule has 3 heteroatoms. The van der Waals surface area contributed by atoms with E-state index >= 15 is 0 Å². The maximum absolute atomic E-state index is 10.3. The second-order valence-electron chi connectivity index (χ2n) is 5.36. The predicted molar refractivity (Wildman–Crippen MR) is 83.8 cm³/mol. The minimum absolute atomic E-state index is 0.430. The van der Waals surface area contributed by atoms with Crippen molar-refractivity contribution in [2.24, 2.45) is 0 Å². The first-order chi connectivity index (χ1) is 10.2. The van der Waals surface area contributed by atoms with Crippen LogP contribution in [0.1, 0.15) is 17.5 Å². The summed E-state index contributed by atoms with van der Waals surface area (Å²) < 4.78 is 0. The molecule has 0 fully saturated rings. The van der Waals surface area contributed by atoms with Crippen molar-refractivity contribution in [3.05, 3.63) is 71.6 Å². The number of allylic oxidation sites excluding steroid dienone is 3. The summed E-state index contributed by atoms with van der Waals surface area (Å²) in [6, 6.07) is 7.95. The Hall–Kier alpha value is -2.26. The molecule has 1 aliphatic carbocycles. The molecule has 2 aromatic rings. The fraction of sp³-hybridized carbons (Fsp3) is 0.222. The van der Waals surface area contributed by atoms with Gasteiger partial charge in [0.05, 0.1) is 17.5 Å². The Morgan fingerprint density at radius 1 is 1.14 bits per heavy atom. The highest BCUT2D eigenvalue weighted by molar-refractivity contribution is 5.55. The number of aryl methyl sites for hydroxylation is 1. The van der Waals surface area contributed by atoms with Crippen LogP contribution in [0.3, 0.4) is 0 Å². The van der Waals surface area contributed by atoms with E-state index in [9.17, 15) is 5.11 Å². The van der Waals surface area contributed by atoms with E-state index in [1.54, 1.807) is 12.4 Å². The van der Waals surface area contributed by atoms with E-state index in [2.05, 4.69) is 16.0 Å². The maximum Gasteiger partial charge on any atom is 0.0888 e. The molecule has 3 rings (SSSR count). The predicted octanol–water partition coefficient (Wildman–Crippen LogP) is 3.24. The van der Waals surface area contributed by atoms with Crippen LogP contribution in [0.15, 0.2) is 60.5 Å². The van der Waals surface area contributed by atoms with Crippen molar-refractivity contribution in [3.8, 4) is 11.4 Å². The van der Waals surface area contributed by atoms with Gasteiger partial charge in [0.1, 0.15) is 0 Å². The van der Waals surface area contributed by atoms with Gasteiger partial charge in [0, 0.05) is 18.8 Å². The third kappa shape index (κ3) is 3.26. The van der Waals surface area contributed by atoms with Gasteiger partial charge in [-0.1, -0.05) is 18.2 Å². The quantitative estimate of drug-likeness (QED) is 0.934. The van der Waals surface area contributed by atoms with Crippen LogP contribution >= 0.6 is 0 Å². The Morgan fingerprint density at radius 2 is 1.90 bits per heavy atom. The summed E-state index contributed by atoms with van der Waals surface area (Å²) in [5.74, 6) is 0. The first kappa shape index (κ1) is 13.7. The molecule has 21 heavy (non-hydrogen) atoms. The molecule has 0 aliphatic heterocycles. The monoisotopic (exact) mass is 278 g/mol. The van der Waals surface area contributed by atoms with E-state index in [1.165, 1.54) is 0 Å². The Bertz CT molecular complexity index is 704. The first-order valence-corrected chi connectivity index (χ1v) is 7.14. The average Bonchev–Trinajstić information content (AvgIpc) is 3.02. The standard InChI is InChI=1S/C18H18N2O/c1-13-6-8-19-16(10-13)17-11-14(7-9-20-17)12-18(21)15-4-2-3-5-15/h2-4,6-11,18,21H,5,12H2,1H3. The fourth-order valence-electron chi connectivity index (χ4n) is 2.48. The topological polar surface area (TPSA) is 46.0 Å². The van der Waals surface area contributed by atoms with Gasteiger partial charge in [0.2, 0.25) is 0 Å². The molecule has 3 nitrogen and oxygen atoms in total. The minimum Gasteiger partial charge on any atom is -0.388 e. The molecule has 0 radical (unpaired) electrons. The van der Waals surface area contributed by atoms with E-state index in [-0.39, 0.29) is 0 Å². The molecule has 0 amide bonds. The van der Waals surface area contributed by atoms with E-state index in [0.717, 1.165) is 34.5 Å². The van der Waals surface area contributed by atoms with Crippen LogP contribution in [0, 0.1) is 6.92 Å². The van der Waals surface area contributed by atoms with E-state index in [4.69, 9.17) is 0 Å². The van der Waals surface area contributed by atoms with Gasteiger partial charge in [0.25, 0.3) is 0 Å². The lowest BCUT2D eigenvalue weighted by atomic mass is 10.0. The highest BCUT2D eigenvalue weighted by Gasteiger charge is 2.13. The summed E-state index contributed by atoms with van der Waals surface area (Å²) >= 11 is 0. The Morgan fingerprint density at radius 3 is 2.62 bits per heavy atom. The summed E-state index contributed by atoms with van der Waals surface area (Å²) in [5, 5.41) is 10.3. The summed E-state index contributed by atoms with van der Waals surface area (Å²) in [6.45, 7) is 2.04. The number of rotatable bonds is 4. The number of aliphatic hydroxyl groups excluding tert-OH is 1. The molecule has 1 aliphatic rings. The SMILES string of the molecule is Cc1ccnc(-c2cc(CC(O)C3=CC=CC3)ccn2)c1. The van der Waals surface area contributed by atoms with Gasteiger partial charge < -0.3 is 5.11 Å². The molecule has 2 aromatic heterocycles. The fourth-order valence-corrected chi connectivity index (χ4v) is 2.48. The molecule has 0 bridgehead atoms. The second-order valence-corrected chi connectivity index (χ2v) is 5.36. The number of hydrogen-bond acceptors (Lipinski definition) is 3. The van der Waals surface area contributed by atoms with Crippen molar-refractivity contribution in [1.82, 2.24) is 9.97 Å². The molecule has 0 saturated heterocycles. The number of hydrogen-bond donors (Lipinski definition) is 1. The van der Waals surface area contributed by atoms with Crippen molar-refractivity contribution in [2.75, 3.05) is 0 Å². The van der Waals surface area contributed by atoms with Gasteiger partial charge in [0.15, 0.2) is 0 Å². The highest BCUT2D eigenvalue weighted by atomic mass is 16.3. The highest BCUT2D eigenvalue weighted by Crippen LogP contribution is 2.21. The molecule has 2 heterocycles. The van der Waals surface area contributed by atoms with Gasteiger partial charge in [-0.05, 0) is 54.3 Å². The van der Waals surface area contributed by atoms with Crippen molar-refractivity contribution in [3.63, 3.8) is 0 Å². The molecule has 1 N–H and O–H groups in total. The van der Waals surface area contributed by atoms with Gasteiger partial charge >= 0.3 is 0 Å². The van der Waals surface area contributed by atoms with Crippen molar-refractivity contribution >= 4 is 0 Å². The lowest BCUT2D eigenvalue weighted by Gasteiger charge is -2.12. The first-order valence-electron chi connectivity index (χ1n) is 7.14. The third-order valence-corrected chi connectivity index (χ3v) is 3.66. The molecule has 0 spiro atoms. The van der Waals surface area contributed by atoms with Crippen molar-refractivity contribution < 1.29 is 5.11 Å². The van der Waals surface area contributed by atoms with Crippen LogP contribution < -0.4 is 0 Å². The number of nitrogens with zero attached hydrogens (tertiary/aromatic N) is 2. The van der Waals surface area contributed by atoms with E-state index in [0.29, 0.717) is 6.42 Å². The zero-order chi connectivity index (χ0) is 14.7. The van der Waals surface area contributed by atoms with Crippen LogP contribution in [0.5, 0.6) is 0 Å². The van der Waals surface area contributed by atoms with Gasteiger partial charge in [-0.2, -0.15) is 0 Å². The lowest BCUT2D eigenvalue weighted by molar-refractivity contribution is 0.209. The van der Waals surface area contributed by atoms with Crippen LogP contribution in [-0.4, -0.2) is 21.2 Å². The number of pyridine rings is 2. The normalized spacial score (nSPS) is 15.0. The van der Waals surface area contributed by atoms with Gasteiger partial charge in [-0.15, -0.1) is 0 Å². The summed E-state index contributed by atoms with van der Waals surface area (Å²) in [5.41, 5.74) is 5.02. The molecule has 0 saturated carbocycles. The second kappa shape index (κ2) is 6.02. The number of aliphatic hydroxyl groups is 1. The Balaban J connectivity index is 1.80. The van der Waals surface area contributed by atoms with Gasteiger partial charge in [-0.3, -0.25) is 9.97 Å². The maximum atomic E-state index is 10.3. The minimum atomic E-state index is -0.430. The molecular weight excluding hydrogens is 260 g/mol. The molecule has 106 valence electrons. The van der Waals surface area contributed by atoms with Crippen LogP contribution in [0.4, 0.5) is 0 Å². The molecular formula is C18H18N2O. The zero-order valence-electron chi connectivity index (χ0n) is 12.0. The third-order valence-electron chi connectivity index (χ3n) is 3.66. The summed E-state index contributed by atoms with van der Waals surface area (Å²) in [4.78, 5) is 8.75. The molecule has 0 aromatic carbocycles. The van der Waals surface area contributed by atoms with E-state index < -0.39 is 6.10 Å².